The number of aryl methyl sites for hydroxylation is 2. The Morgan fingerprint density at radius 3 is 1.81 bits per heavy atom. The number of nitrogen functional groups attached to an aromatic ring is 1. The van der Waals surface area contributed by atoms with E-state index in [0.717, 1.165) is 120 Å². The standard InChI is InChI=1S/C23H29N7O4.C14H24N6O3.C9H7NO2/c1-16-2-3-18-17(14-16)21(22(31)24-18)28-27-19-15-20(30-7-11-33-12-8-30)26-23(25-19)34-13-6-29-4-9-32-10-5-29;15-18-12-11-13(20-4-8-22-9-5-20)17-14(16-12)23-10-3-19-1-6-21-7-2-19;1-5-2-3-7-6(4-5)8(11)9(12)10-7/h2-3,14-15,24,31H,4-13H2,1H3;11H,1-10,15H2,(H,16,17,18);2-4H,1H3,(H,10,11,12). The molecule has 10 rings (SSSR count). The van der Waals surface area contributed by atoms with Crippen LogP contribution in [-0.2, 0) is 23.7 Å². The van der Waals surface area contributed by atoms with Crippen LogP contribution in [-0.4, -0.2) is 183 Å². The molecule has 0 bridgehead atoms. The topological polar surface area (TPSA) is 265 Å². The number of nitrogens with zero attached hydrogens (tertiary/aromatic N) is 10. The van der Waals surface area contributed by atoms with E-state index >= 15 is 0 Å². The molecule has 5 aliphatic rings. The van der Waals surface area contributed by atoms with Gasteiger partial charge in [-0.1, -0.05) is 23.3 Å². The molecule has 23 heteroatoms. The van der Waals surface area contributed by atoms with Crippen LogP contribution >= 0.6 is 0 Å². The van der Waals surface area contributed by atoms with Gasteiger partial charge in [-0.3, -0.25) is 19.4 Å². The Morgan fingerprint density at radius 2 is 1.22 bits per heavy atom. The van der Waals surface area contributed by atoms with E-state index < -0.39 is 11.7 Å². The van der Waals surface area contributed by atoms with Crippen LogP contribution in [0.1, 0.15) is 21.5 Å². The number of hydrogen-bond donors (Lipinski definition) is 5. The first kappa shape index (κ1) is 48.8. The fourth-order valence-electron chi connectivity index (χ4n) is 7.89. The normalized spacial score (nSPS) is 17.7. The number of aromatic nitrogens is 5. The largest absolute Gasteiger partial charge is 0.493 e. The minimum absolute atomic E-state index is 0.0335. The van der Waals surface area contributed by atoms with Crippen molar-refractivity contribution in [1.82, 2.24) is 34.7 Å². The minimum Gasteiger partial charge on any atom is -0.493 e. The van der Waals surface area contributed by atoms with Crippen molar-refractivity contribution in [1.29, 1.82) is 0 Å². The number of morpholine rings is 4. The number of aromatic amines is 1. The van der Waals surface area contributed by atoms with Crippen LogP contribution in [0.25, 0.3) is 10.9 Å². The summed E-state index contributed by atoms with van der Waals surface area (Å²) in [7, 11) is 0. The lowest BCUT2D eigenvalue weighted by Gasteiger charge is -2.28. The molecule has 23 nitrogen and oxygen atoms in total. The number of Topliss-reactive ketones (excluding diaryl/α,β-unsaturated/α-hetero) is 1. The highest BCUT2D eigenvalue weighted by Gasteiger charge is 2.27. The number of hydrazine groups is 1. The number of hydrogen-bond acceptors (Lipinski definition) is 21. The number of rotatable bonds is 13. The molecule has 0 atom stereocenters. The molecule has 4 saturated heterocycles. The highest BCUT2D eigenvalue weighted by Crippen LogP contribution is 2.37. The predicted molar refractivity (Wildman–Crippen MR) is 256 cm³/mol. The number of azo groups is 1. The summed E-state index contributed by atoms with van der Waals surface area (Å²) in [5.74, 6) is 6.92. The third kappa shape index (κ3) is 13.6. The van der Waals surface area contributed by atoms with Crippen LogP contribution in [0, 0.1) is 13.8 Å². The second kappa shape index (κ2) is 24.1. The molecule has 0 saturated carbocycles. The smallest absolute Gasteiger partial charge is 0.320 e. The number of H-pyrrole nitrogens is 1. The molecule has 5 aromatic rings. The predicted octanol–water partition coefficient (Wildman–Crippen LogP) is 3.37. The van der Waals surface area contributed by atoms with Gasteiger partial charge in [0.1, 0.15) is 30.7 Å². The molecule has 2 aromatic carbocycles. The SMILES string of the molecule is Cc1ccc2[nH]c(O)c(N=Nc3cc(N4CCOCC4)nc(OCCN4CCOCC4)n3)c2c1.Cc1ccc2c(c1)C(=O)C(=O)N2.NNc1cc(N2CCOCC2)nc(OCCN2CCOCC2)n1. The zero-order chi connectivity index (χ0) is 48.0. The lowest BCUT2D eigenvalue weighted by atomic mass is 10.1. The first-order valence-electron chi connectivity index (χ1n) is 23.1. The fraction of sp³-hybridized carbons (Fsp3) is 0.478. The van der Waals surface area contributed by atoms with Gasteiger partial charge in [0, 0.05) is 83.0 Å². The van der Waals surface area contributed by atoms with Crippen molar-refractivity contribution < 1.29 is 43.1 Å². The van der Waals surface area contributed by atoms with E-state index in [0.29, 0.717) is 80.0 Å². The quantitative estimate of drug-likeness (QED) is 0.0490. The highest BCUT2D eigenvalue weighted by molar-refractivity contribution is 6.51. The Balaban J connectivity index is 0.000000157. The zero-order valence-electron chi connectivity index (χ0n) is 39.0. The van der Waals surface area contributed by atoms with Gasteiger partial charge in [0.15, 0.2) is 11.5 Å². The number of nitrogens with two attached hydrogens (primary N) is 1. The Labute approximate surface area is 399 Å². The molecule has 6 N–H and O–H groups in total. The lowest BCUT2D eigenvalue weighted by molar-refractivity contribution is -0.112. The van der Waals surface area contributed by atoms with Gasteiger partial charge in [0.25, 0.3) is 11.7 Å². The van der Waals surface area contributed by atoms with E-state index in [1.807, 2.05) is 44.2 Å². The van der Waals surface area contributed by atoms with Crippen LogP contribution < -0.4 is 35.9 Å². The van der Waals surface area contributed by atoms with Gasteiger partial charge in [0.2, 0.25) is 5.88 Å². The van der Waals surface area contributed by atoms with Crippen LogP contribution in [0.15, 0.2) is 58.8 Å². The van der Waals surface area contributed by atoms with Gasteiger partial charge in [-0.2, -0.15) is 19.9 Å². The summed E-state index contributed by atoms with van der Waals surface area (Å²) in [6.45, 7) is 18.9. The summed E-state index contributed by atoms with van der Waals surface area (Å²) in [6, 6.07) is 15.4. The highest BCUT2D eigenvalue weighted by atomic mass is 16.5. The van der Waals surface area contributed by atoms with Crippen LogP contribution in [0.3, 0.4) is 0 Å². The minimum atomic E-state index is -0.532. The third-order valence-corrected chi connectivity index (χ3v) is 11.7. The first-order chi connectivity index (χ1) is 33.7. The Kier molecular flexibility index (Phi) is 17.1. The molecule has 0 spiro atoms. The molecule has 5 aliphatic heterocycles. The molecule has 8 heterocycles. The average Bonchev–Trinajstić information content (AvgIpc) is 3.85. The van der Waals surface area contributed by atoms with E-state index in [9.17, 15) is 14.7 Å². The number of aromatic hydroxyl groups is 1. The van der Waals surface area contributed by atoms with Gasteiger partial charge < -0.3 is 59.1 Å². The molecular formula is C46H60N14O9. The molecule has 3 aromatic heterocycles. The number of fused-ring (bicyclic) bond motifs is 2. The van der Waals surface area contributed by atoms with E-state index in [4.69, 9.17) is 34.3 Å². The van der Waals surface area contributed by atoms with E-state index in [-0.39, 0.29) is 11.9 Å². The first-order valence-corrected chi connectivity index (χ1v) is 23.1. The summed E-state index contributed by atoms with van der Waals surface area (Å²) >= 11 is 0. The number of ether oxygens (including phenoxy) is 6. The van der Waals surface area contributed by atoms with Crippen LogP contribution in [0.4, 0.5) is 34.6 Å². The number of nitrogens with one attached hydrogen (secondary N) is 3. The summed E-state index contributed by atoms with van der Waals surface area (Å²) in [4.78, 5) is 51.6. The van der Waals surface area contributed by atoms with E-state index in [1.165, 1.54) is 0 Å². The molecule has 1 amide bonds. The van der Waals surface area contributed by atoms with Crippen molar-refractivity contribution in [2.24, 2.45) is 16.1 Å². The van der Waals surface area contributed by atoms with E-state index in [2.05, 4.69) is 65.5 Å². The molecule has 0 aliphatic carbocycles. The second-order valence-electron chi connectivity index (χ2n) is 16.6. The average molecular weight is 953 g/mol. The van der Waals surface area contributed by atoms with Gasteiger partial charge in [-0.25, -0.2) is 5.84 Å². The Morgan fingerprint density at radius 1 is 0.681 bits per heavy atom. The third-order valence-electron chi connectivity index (χ3n) is 11.7. The number of benzene rings is 2. The summed E-state index contributed by atoms with van der Waals surface area (Å²) in [6.07, 6.45) is 0. The molecule has 4 fully saturated rings. The maximum atomic E-state index is 11.1. The fourth-order valence-corrected chi connectivity index (χ4v) is 7.89. The van der Waals surface area contributed by atoms with Gasteiger partial charge >= 0.3 is 12.0 Å². The molecule has 69 heavy (non-hydrogen) atoms. The van der Waals surface area contributed by atoms with Crippen molar-refractivity contribution in [3.63, 3.8) is 0 Å². The van der Waals surface area contributed by atoms with Crippen molar-refractivity contribution in [2.45, 2.75) is 13.8 Å². The number of carbonyl (C=O) groups excluding carboxylic acids is 2. The van der Waals surface area contributed by atoms with Gasteiger partial charge in [-0.15, -0.1) is 10.2 Å². The van der Waals surface area contributed by atoms with Crippen molar-refractivity contribution in [3.8, 4) is 17.9 Å². The number of ketones is 1. The summed E-state index contributed by atoms with van der Waals surface area (Å²) in [5, 5.41) is 22.3. The Hall–Kier alpha value is -6.60. The van der Waals surface area contributed by atoms with Crippen molar-refractivity contribution in [3.05, 3.63) is 65.2 Å². The van der Waals surface area contributed by atoms with E-state index in [1.54, 1.807) is 18.2 Å². The summed E-state index contributed by atoms with van der Waals surface area (Å²) < 4.78 is 33.2. The van der Waals surface area contributed by atoms with Crippen LogP contribution in [0.2, 0.25) is 0 Å². The molecular weight excluding hydrogens is 893 g/mol. The number of amides is 1. The maximum absolute atomic E-state index is 11.1. The van der Waals surface area contributed by atoms with Crippen molar-refractivity contribution >= 4 is 57.2 Å². The maximum Gasteiger partial charge on any atom is 0.320 e. The molecule has 368 valence electrons. The van der Waals surface area contributed by atoms with Crippen LogP contribution in [0.5, 0.6) is 17.9 Å². The number of anilines is 4. The Bertz CT molecular complexity index is 2540. The second-order valence-corrected chi connectivity index (χ2v) is 16.6. The van der Waals surface area contributed by atoms with Gasteiger partial charge in [0.05, 0.1) is 69.6 Å². The monoisotopic (exact) mass is 952 g/mol. The number of carbonyl (C=O) groups is 2. The zero-order valence-corrected chi connectivity index (χ0v) is 39.0. The van der Waals surface area contributed by atoms with Crippen molar-refractivity contribution in [2.75, 3.05) is 152 Å². The molecule has 0 radical (unpaired) electrons. The van der Waals surface area contributed by atoms with Gasteiger partial charge in [-0.05, 0) is 38.1 Å². The lowest BCUT2D eigenvalue weighted by Crippen LogP contribution is -2.39. The molecule has 0 unspecified atom stereocenters. The summed E-state index contributed by atoms with van der Waals surface area (Å²) in [5.41, 5.74) is 6.90.